The molecule has 4 rings (SSSR count). The third-order valence-electron chi connectivity index (χ3n) is 5.83. The van der Waals surface area contributed by atoms with Gasteiger partial charge in [-0.1, -0.05) is 29.3 Å². The highest BCUT2D eigenvalue weighted by atomic mass is 35.5. The van der Waals surface area contributed by atoms with Crippen LogP contribution < -0.4 is 10.8 Å². The highest BCUT2D eigenvalue weighted by Gasteiger charge is 2.59. The van der Waals surface area contributed by atoms with Crippen molar-refractivity contribution in [3.8, 4) is 0 Å². The predicted molar refractivity (Wildman–Crippen MR) is 140 cm³/mol. The number of hydroxylamine groups is 1. The van der Waals surface area contributed by atoms with E-state index in [9.17, 15) is 22.8 Å². The zero-order chi connectivity index (χ0) is 27.7. The van der Waals surface area contributed by atoms with Crippen LogP contribution in [-0.2, 0) is 20.0 Å². The number of benzene rings is 2. The van der Waals surface area contributed by atoms with E-state index in [0.29, 0.717) is 27.5 Å². The molecule has 2 atom stereocenters. The van der Waals surface area contributed by atoms with Crippen molar-refractivity contribution >= 4 is 57.6 Å². The van der Waals surface area contributed by atoms with Gasteiger partial charge in [-0.25, -0.2) is 4.79 Å². The Balaban J connectivity index is 1.51. The number of aliphatic imine (C=N–C) groups is 1. The van der Waals surface area contributed by atoms with Crippen LogP contribution in [0, 0.1) is 6.92 Å². The van der Waals surface area contributed by atoms with Crippen LogP contribution in [0.3, 0.4) is 0 Å². The third-order valence-corrected chi connectivity index (χ3v) is 7.33. The molecule has 38 heavy (non-hydrogen) atoms. The Bertz CT molecular complexity index is 1320. The van der Waals surface area contributed by atoms with Crippen LogP contribution in [0.2, 0.25) is 10.0 Å². The fourth-order valence-electron chi connectivity index (χ4n) is 3.97. The first-order valence-corrected chi connectivity index (χ1v) is 13.1. The Morgan fingerprint density at radius 3 is 2.58 bits per heavy atom. The lowest BCUT2D eigenvalue weighted by molar-refractivity contribution is -0.269. The van der Waals surface area contributed by atoms with E-state index < -0.39 is 23.8 Å². The number of halogens is 5. The van der Waals surface area contributed by atoms with E-state index in [1.165, 1.54) is 30.0 Å². The molecule has 0 saturated carbocycles. The summed E-state index contributed by atoms with van der Waals surface area (Å²) in [7, 11) is 0. The van der Waals surface area contributed by atoms with Crippen molar-refractivity contribution in [1.29, 1.82) is 0 Å². The zero-order valence-electron chi connectivity index (χ0n) is 20.1. The molecule has 2 N–H and O–H groups in total. The summed E-state index contributed by atoms with van der Waals surface area (Å²) in [5.41, 5.74) is 0.579. The van der Waals surface area contributed by atoms with Gasteiger partial charge < -0.3 is 10.1 Å². The van der Waals surface area contributed by atoms with Gasteiger partial charge in [-0.05, 0) is 61.4 Å². The first-order valence-electron chi connectivity index (χ1n) is 11.4. The normalized spacial score (nSPS) is 21.0. The molecule has 0 saturated heterocycles. The summed E-state index contributed by atoms with van der Waals surface area (Å²) >= 11 is 13.3. The average Bonchev–Trinajstić information content (AvgIpc) is 3.50. The van der Waals surface area contributed by atoms with Crippen molar-refractivity contribution in [1.82, 2.24) is 10.8 Å². The molecule has 2 unspecified atom stereocenters. The largest absolute Gasteiger partial charge is 0.464 e. The van der Waals surface area contributed by atoms with Gasteiger partial charge in [0.1, 0.15) is 0 Å². The molecule has 202 valence electrons. The lowest BCUT2D eigenvalue weighted by atomic mass is 9.91. The number of nitrogens with zero attached hydrogens (tertiary/aromatic N) is 1. The molecule has 2 aliphatic heterocycles. The molecule has 0 spiro atoms. The summed E-state index contributed by atoms with van der Waals surface area (Å²) in [6.45, 7) is 3.78. The van der Waals surface area contributed by atoms with Gasteiger partial charge in [0.2, 0.25) is 5.60 Å². The first-order chi connectivity index (χ1) is 17.9. The molecule has 7 nitrogen and oxygen atoms in total. The molecule has 0 aliphatic carbocycles. The number of thioether (sulfide) groups is 1. The molecule has 2 aromatic carbocycles. The topological polar surface area (TPSA) is 89.0 Å². The van der Waals surface area contributed by atoms with Crippen LogP contribution in [0.1, 0.15) is 34.0 Å². The minimum Gasteiger partial charge on any atom is -0.464 e. The summed E-state index contributed by atoms with van der Waals surface area (Å²) < 4.78 is 47.7. The average molecular weight is 588 g/mol. The lowest BCUT2D eigenvalue weighted by Crippen LogP contribution is -2.42. The Hall–Kier alpha value is -2.73. The van der Waals surface area contributed by atoms with E-state index in [2.05, 4.69) is 15.8 Å². The van der Waals surface area contributed by atoms with E-state index in [-0.39, 0.29) is 40.4 Å². The molecule has 1 amide bonds. The van der Waals surface area contributed by atoms with Crippen LogP contribution in [-0.4, -0.2) is 48.0 Å². The van der Waals surface area contributed by atoms with Gasteiger partial charge in [-0.3, -0.25) is 20.1 Å². The highest BCUT2D eigenvalue weighted by molar-refractivity contribution is 8.14. The number of alkyl halides is 3. The van der Waals surface area contributed by atoms with Crippen molar-refractivity contribution in [3.63, 3.8) is 0 Å². The Labute approximate surface area is 230 Å². The van der Waals surface area contributed by atoms with Gasteiger partial charge >= 0.3 is 12.1 Å². The second-order valence-electron chi connectivity index (χ2n) is 8.47. The van der Waals surface area contributed by atoms with Gasteiger partial charge in [-0.2, -0.15) is 13.2 Å². The molecular weight excluding hydrogens is 566 g/mol. The molecule has 0 fully saturated rings. The Kier molecular flexibility index (Phi) is 8.32. The standard InChI is InChI=1S/C25H22Cl2F3N3O4S/c1-3-36-23(35)20-12-38-21(32-20)11-31-22(34)18-5-4-14(6-13(18)2)19-10-24(37-33-19,25(28,29)30)15-7-16(26)9-17(27)8-15/h4-10,20,33H,3,11-12H2,1-2H3,(H,31,34). The number of carbonyl (C=O) groups excluding carboxylic acids is 2. The van der Waals surface area contributed by atoms with Crippen molar-refractivity contribution < 1.29 is 32.3 Å². The summed E-state index contributed by atoms with van der Waals surface area (Å²) in [6.07, 6.45) is -3.92. The number of carbonyl (C=O) groups is 2. The molecule has 2 aliphatic rings. The van der Waals surface area contributed by atoms with Gasteiger partial charge in [0, 0.05) is 26.9 Å². The number of hydrogen-bond acceptors (Lipinski definition) is 7. The first kappa shape index (κ1) is 28.3. The molecule has 0 bridgehead atoms. The highest BCUT2D eigenvalue weighted by Crippen LogP contribution is 2.48. The van der Waals surface area contributed by atoms with Crippen molar-refractivity contribution in [3.05, 3.63) is 74.8 Å². The minimum absolute atomic E-state index is 0.0335. The SMILES string of the molecule is CCOC(=O)C1CSC(CNC(=O)c2ccc(C3=CC(c4cc(Cl)cc(Cl)c4)(C(F)(F)F)ON3)cc2C)=N1. The van der Waals surface area contributed by atoms with E-state index in [1.807, 2.05) is 0 Å². The molecular formula is C25H22Cl2F3N3O4S. The van der Waals surface area contributed by atoms with Crippen LogP contribution in [0.4, 0.5) is 13.2 Å². The van der Waals surface area contributed by atoms with Crippen LogP contribution in [0.5, 0.6) is 0 Å². The smallest absolute Gasteiger partial charge is 0.428 e. The van der Waals surface area contributed by atoms with Crippen LogP contribution in [0.15, 0.2) is 47.5 Å². The summed E-state index contributed by atoms with van der Waals surface area (Å²) in [5.74, 6) is -0.345. The fraction of sp³-hybridized carbons (Fsp3) is 0.320. The monoisotopic (exact) mass is 587 g/mol. The van der Waals surface area contributed by atoms with Crippen LogP contribution >= 0.6 is 35.0 Å². The maximum atomic E-state index is 14.2. The van der Waals surface area contributed by atoms with E-state index in [1.54, 1.807) is 19.9 Å². The van der Waals surface area contributed by atoms with Crippen molar-refractivity contribution in [2.45, 2.75) is 31.7 Å². The van der Waals surface area contributed by atoms with E-state index >= 15 is 0 Å². The van der Waals surface area contributed by atoms with Crippen LogP contribution in [0.25, 0.3) is 5.70 Å². The number of esters is 1. The molecule has 0 aromatic heterocycles. The summed E-state index contributed by atoms with van der Waals surface area (Å²) in [6, 6.07) is 7.62. The quantitative estimate of drug-likeness (QED) is 0.419. The summed E-state index contributed by atoms with van der Waals surface area (Å²) in [5, 5.41) is 3.43. The second kappa shape index (κ2) is 11.2. The molecule has 2 aromatic rings. The minimum atomic E-state index is -4.84. The Morgan fingerprint density at radius 2 is 1.95 bits per heavy atom. The second-order valence-corrected chi connectivity index (χ2v) is 10.4. The van der Waals surface area contributed by atoms with Gasteiger partial charge in [0.25, 0.3) is 5.91 Å². The number of hydrogen-bond donors (Lipinski definition) is 2. The number of aryl methyl sites for hydroxylation is 1. The van der Waals surface area contributed by atoms with E-state index in [0.717, 1.165) is 18.2 Å². The van der Waals surface area contributed by atoms with E-state index in [4.69, 9.17) is 32.8 Å². The number of amides is 1. The number of ether oxygens (including phenoxy) is 1. The maximum Gasteiger partial charge on any atom is 0.428 e. The van der Waals surface area contributed by atoms with Gasteiger partial charge in [-0.15, -0.1) is 11.8 Å². The fourth-order valence-corrected chi connectivity index (χ4v) is 5.43. The molecule has 0 radical (unpaired) electrons. The summed E-state index contributed by atoms with van der Waals surface area (Å²) in [4.78, 5) is 34.0. The predicted octanol–water partition coefficient (Wildman–Crippen LogP) is 5.44. The van der Waals surface area contributed by atoms with Gasteiger partial charge in [0.05, 0.1) is 23.9 Å². The van der Waals surface area contributed by atoms with Crippen molar-refractivity contribution in [2.75, 3.05) is 18.9 Å². The third kappa shape index (κ3) is 5.80. The van der Waals surface area contributed by atoms with Gasteiger partial charge in [0.15, 0.2) is 6.04 Å². The van der Waals surface area contributed by atoms with Crippen molar-refractivity contribution in [2.24, 2.45) is 4.99 Å². The maximum absolute atomic E-state index is 14.2. The lowest BCUT2D eigenvalue weighted by Gasteiger charge is -2.28. The molecule has 13 heteroatoms. The Morgan fingerprint density at radius 1 is 1.24 bits per heavy atom. The number of nitrogens with one attached hydrogen (secondary N) is 2. The number of rotatable bonds is 7. The zero-order valence-corrected chi connectivity index (χ0v) is 22.4. The molecule has 2 heterocycles.